The van der Waals surface area contributed by atoms with Crippen molar-refractivity contribution in [2.24, 2.45) is 0 Å². The van der Waals surface area contributed by atoms with Crippen molar-refractivity contribution in [2.75, 3.05) is 27.2 Å². The Labute approximate surface area is 196 Å². The summed E-state index contributed by atoms with van der Waals surface area (Å²) in [6.45, 7) is 11.0. The third-order valence-electron chi connectivity index (χ3n) is 2.03. The molecular weight excluding hydrogens is 462 g/mol. The molecule has 19 heavy (non-hydrogen) atoms. The Morgan fingerprint density at radius 2 is 1.95 bits per heavy atom. The van der Waals surface area contributed by atoms with Gasteiger partial charge in [-0.3, -0.25) is 13.5 Å². The molecule has 5 radical (unpaired) electrons. The van der Waals surface area contributed by atoms with Crippen LogP contribution in [-0.2, 0) is 98.1 Å². The summed E-state index contributed by atoms with van der Waals surface area (Å²) in [6.07, 6.45) is 9.40. The van der Waals surface area contributed by atoms with Crippen molar-refractivity contribution in [1.82, 2.24) is 4.90 Å². The van der Waals surface area contributed by atoms with E-state index in [0.29, 0.717) is 6.54 Å². The fourth-order valence-corrected chi connectivity index (χ4v) is 0.853. The molecule has 0 unspecified atom stereocenters. The van der Waals surface area contributed by atoms with E-state index in [1.165, 1.54) is 0 Å². The van der Waals surface area contributed by atoms with Crippen LogP contribution in [-0.4, -0.2) is 50.7 Å². The number of rotatable bonds is 7. The van der Waals surface area contributed by atoms with Gasteiger partial charge in [-0.1, -0.05) is 0 Å². The Kier molecular flexibility index (Phi) is 31.8. The second-order valence-electron chi connectivity index (χ2n) is 3.49. The van der Waals surface area contributed by atoms with Gasteiger partial charge in [0.15, 0.2) is 0 Å². The van der Waals surface area contributed by atoms with Gasteiger partial charge < -0.3 is 16.4 Å². The van der Waals surface area contributed by atoms with Crippen molar-refractivity contribution in [3.05, 3.63) is 44.1 Å². The van der Waals surface area contributed by atoms with E-state index in [9.17, 15) is 0 Å². The van der Waals surface area contributed by atoms with E-state index >= 15 is 0 Å². The van der Waals surface area contributed by atoms with Crippen LogP contribution in [0.1, 0.15) is 6.42 Å². The summed E-state index contributed by atoms with van der Waals surface area (Å²) < 4.78 is 1.85. The minimum absolute atomic E-state index is 0. The Hall–Kier alpha value is 2.49. The largest absolute Gasteiger partial charge is 0.484 e. The van der Waals surface area contributed by atoms with Crippen LogP contribution in [0, 0.1) is 20.4 Å². The summed E-state index contributed by atoms with van der Waals surface area (Å²) in [6, 6.07) is 0. The average molecular weight is 482 g/mol. The molecule has 2 nitrogen and oxygen atoms in total. The molecule has 0 atom stereocenters. The molecule has 0 amide bonds. The molecular formula is C13H20BN2Y3-3. The molecule has 0 saturated heterocycles. The predicted octanol–water partition coefficient (Wildman–Crippen LogP) is 1.33. The Balaban J connectivity index is -0.000000375. The molecule has 0 aliphatic rings. The molecule has 0 aliphatic carbocycles. The smallest absolute Gasteiger partial charge is 0.113 e. The molecule has 0 aromatic carbocycles. The predicted molar refractivity (Wildman–Crippen MR) is 71.3 cm³/mol. The van der Waals surface area contributed by atoms with E-state index < -0.39 is 0 Å². The molecule has 0 heterocycles. The maximum Gasteiger partial charge on any atom is 0.113 e. The zero-order valence-electron chi connectivity index (χ0n) is 12.0. The van der Waals surface area contributed by atoms with Gasteiger partial charge in [-0.25, -0.2) is 6.08 Å². The van der Waals surface area contributed by atoms with Crippen molar-refractivity contribution in [3.8, 4) is 0 Å². The van der Waals surface area contributed by atoms with E-state index in [1.54, 1.807) is 6.08 Å². The molecule has 97 valence electrons. The van der Waals surface area contributed by atoms with Crippen LogP contribution < -0.4 is 0 Å². The topological polar surface area (TPSA) is 6.25 Å². The summed E-state index contributed by atoms with van der Waals surface area (Å²) in [7, 11) is 9.67. The van der Waals surface area contributed by atoms with Gasteiger partial charge in [0, 0.05) is 111 Å². The Morgan fingerprint density at radius 1 is 1.37 bits per heavy atom. The van der Waals surface area contributed by atoms with E-state index in [2.05, 4.69) is 20.1 Å². The van der Waals surface area contributed by atoms with Crippen LogP contribution in [0.4, 0.5) is 0 Å². The minimum Gasteiger partial charge on any atom is -0.484 e. The third kappa shape index (κ3) is 20.5. The van der Waals surface area contributed by atoms with Crippen LogP contribution in [0.3, 0.4) is 0 Å². The zero-order chi connectivity index (χ0) is 12.4. The van der Waals surface area contributed by atoms with Crippen LogP contribution >= 0.6 is 0 Å². The fraction of sp³-hybridized carbons (Fsp3) is 0.385. The molecule has 0 bridgehead atoms. The molecule has 0 N–H and O–H groups in total. The van der Waals surface area contributed by atoms with E-state index in [1.807, 2.05) is 42.3 Å². The second kappa shape index (κ2) is 20.5. The van der Waals surface area contributed by atoms with Crippen molar-refractivity contribution < 1.29 is 103 Å². The summed E-state index contributed by atoms with van der Waals surface area (Å²) >= 11 is 0. The quantitative estimate of drug-likeness (QED) is 0.175. The third-order valence-corrected chi connectivity index (χ3v) is 2.03. The van der Waals surface area contributed by atoms with E-state index in [4.69, 9.17) is 7.85 Å². The van der Waals surface area contributed by atoms with Crippen LogP contribution in [0.25, 0.3) is 0 Å². The zero-order valence-corrected chi connectivity index (χ0v) is 20.6. The molecule has 0 rings (SSSR count). The Bertz CT molecular complexity index is 279. The van der Waals surface area contributed by atoms with Crippen LogP contribution in [0.2, 0.25) is 0 Å². The first-order valence-electron chi connectivity index (χ1n) is 5.31. The van der Waals surface area contributed by atoms with Gasteiger partial charge in [-0.05, 0) is 7.05 Å². The summed E-state index contributed by atoms with van der Waals surface area (Å²) in [5.74, 6) is 0. The molecule has 0 aromatic rings. The normalized spacial score (nSPS) is 11.8. The summed E-state index contributed by atoms with van der Waals surface area (Å²) in [4.78, 5) is 2.02. The monoisotopic (exact) mass is 482 g/mol. The van der Waals surface area contributed by atoms with Gasteiger partial charge in [0.1, 0.15) is 7.05 Å². The van der Waals surface area contributed by atoms with Gasteiger partial charge in [0.2, 0.25) is 0 Å². The Morgan fingerprint density at radius 3 is 2.42 bits per heavy atom. The molecule has 0 aliphatic heterocycles. The first kappa shape index (κ1) is 29.5. The van der Waals surface area contributed by atoms with Crippen molar-refractivity contribution in [1.29, 1.82) is 0 Å². The van der Waals surface area contributed by atoms with E-state index in [-0.39, 0.29) is 98.1 Å². The summed E-state index contributed by atoms with van der Waals surface area (Å²) in [5, 5.41) is 0. The van der Waals surface area contributed by atoms with Crippen LogP contribution in [0.5, 0.6) is 0 Å². The standard InChI is InChI=1S/C13H20BN2.3Y/c1-5-15(3)11-7-9-13(14)10-8-12-16(4)6-2;;;/h7,9-10,12H,1-2,5-6,8H2,3-4H3;;;/q-3;;;/b9-7?,13-10-;;;. The fourth-order valence-electron chi connectivity index (χ4n) is 0.853. The second-order valence-corrected chi connectivity index (χ2v) is 3.49. The van der Waals surface area contributed by atoms with Crippen molar-refractivity contribution in [3.63, 3.8) is 0 Å². The SMILES string of the molecule is [B]/C(C=C[C-]=[N+](C)C[CH2-])=C\C[CH-]N(C)C[CH2-].[Y].[Y].[Y]. The first-order chi connectivity index (χ1) is 7.60. The van der Waals surface area contributed by atoms with Gasteiger partial charge in [-0.15, -0.1) is 6.08 Å². The molecule has 0 saturated carbocycles. The average Bonchev–Trinajstić information content (AvgIpc) is 2.28. The first-order valence-corrected chi connectivity index (χ1v) is 5.31. The van der Waals surface area contributed by atoms with Gasteiger partial charge in [0.25, 0.3) is 0 Å². The molecule has 0 spiro atoms. The van der Waals surface area contributed by atoms with Crippen LogP contribution in [0.15, 0.2) is 23.7 Å². The minimum atomic E-state index is 0. The number of nitrogens with zero attached hydrogens (tertiary/aromatic N) is 2. The van der Waals surface area contributed by atoms with Gasteiger partial charge >= 0.3 is 0 Å². The molecule has 0 fully saturated rings. The van der Waals surface area contributed by atoms with Gasteiger partial charge in [0.05, 0.1) is 7.85 Å². The van der Waals surface area contributed by atoms with E-state index in [0.717, 1.165) is 18.4 Å². The number of hydrogen-bond donors (Lipinski definition) is 0. The van der Waals surface area contributed by atoms with Crippen molar-refractivity contribution >= 4 is 14.1 Å². The number of hydrogen-bond acceptors (Lipinski definition) is 1. The maximum atomic E-state index is 5.78. The van der Waals surface area contributed by atoms with Gasteiger partial charge in [-0.2, -0.15) is 24.5 Å². The molecule has 6 heteroatoms. The maximum absolute atomic E-state index is 5.78. The number of allylic oxidation sites excluding steroid dienone is 3. The molecule has 0 aromatic heterocycles. The summed E-state index contributed by atoms with van der Waals surface area (Å²) in [5.41, 5.74) is 0.735. The van der Waals surface area contributed by atoms with Crippen molar-refractivity contribution in [2.45, 2.75) is 6.42 Å².